The third kappa shape index (κ3) is 14.0. The molecule has 0 atom stereocenters. The molecule has 2 heteroatoms. The largest absolute Gasteiger partial charge is 0.485 e. The van der Waals surface area contributed by atoms with Crippen LogP contribution in [0.3, 0.4) is 0 Å². The Kier molecular flexibility index (Phi) is 19.6. The summed E-state index contributed by atoms with van der Waals surface area (Å²) in [4.78, 5) is 0. The summed E-state index contributed by atoms with van der Waals surface area (Å²) in [5, 5.41) is 0. The lowest BCUT2D eigenvalue weighted by Gasteiger charge is -2.14. The van der Waals surface area contributed by atoms with Crippen molar-refractivity contribution in [3.8, 4) is 11.5 Å². The van der Waals surface area contributed by atoms with Crippen molar-refractivity contribution in [1.29, 1.82) is 0 Å². The summed E-state index contributed by atoms with van der Waals surface area (Å²) in [6.07, 6.45) is 14.3. The van der Waals surface area contributed by atoms with Gasteiger partial charge in [0.1, 0.15) is 13.2 Å². The van der Waals surface area contributed by atoms with Crippen LogP contribution in [0.15, 0.2) is 91.6 Å². The molecule has 0 N–H and O–H groups in total. The summed E-state index contributed by atoms with van der Waals surface area (Å²) in [6.45, 7) is 24.3. The van der Waals surface area contributed by atoms with E-state index in [1.165, 1.54) is 6.42 Å². The van der Waals surface area contributed by atoms with Gasteiger partial charge in [0.15, 0.2) is 11.5 Å². The van der Waals surface area contributed by atoms with Crippen molar-refractivity contribution in [3.63, 3.8) is 0 Å². The third-order valence-electron chi connectivity index (χ3n) is 3.19. The van der Waals surface area contributed by atoms with Crippen LogP contribution in [-0.2, 0) is 0 Å². The maximum absolute atomic E-state index is 5.93. The molecule has 0 aliphatic heterocycles. The van der Waals surface area contributed by atoms with Crippen molar-refractivity contribution in [1.82, 2.24) is 0 Å². The van der Waals surface area contributed by atoms with Gasteiger partial charge in [0, 0.05) is 0 Å². The Morgan fingerprint density at radius 3 is 1.93 bits per heavy atom. The molecule has 0 aliphatic rings. The molecule has 0 heterocycles. The molecular weight excluding hydrogens is 356 g/mol. The fourth-order valence-corrected chi connectivity index (χ4v) is 2.01. The minimum absolute atomic E-state index is 0.416. The second-order valence-corrected chi connectivity index (χ2v) is 5.89. The zero-order chi connectivity index (χ0) is 22.5. The summed E-state index contributed by atoms with van der Waals surface area (Å²) in [5.41, 5.74) is 3.11. The van der Waals surface area contributed by atoms with E-state index in [1.807, 2.05) is 70.2 Å². The number of hydrogen-bond donors (Lipinski definition) is 0. The quantitative estimate of drug-likeness (QED) is 0.371. The van der Waals surface area contributed by atoms with Gasteiger partial charge in [-0.05, 0) is 42.7 Å². The van der Waals surface area contributed by atoms with Crippen LogP contribution in [0.4, 0.5) is 0 Å². The van der Waals surface area contributed by atoms with E-state index >= 15 is 0 Å². The lowest BCUT2D eigenvalue weighted by atomic mass is 10.2. The first-order valence-electron chi connectivity index (χ1n) is 10.3. The lowest BCUT2D eigenvalue weighted by Crippen LogP contribution is -2.04. The van der Waals surface area contributed by atoms with E-state index in [0.29, 0.717) is 24.7 Å². The van der Waals surface area contributed by atoms with Crippen LogP contribution in [0.25, 0.3) is 0 Å². The van der Waals surface area contributed by atoms with Crippen molar-refractivity contribution in [2.24, 2.45) is 0 Å². The fourth-order valence-electron chi connectivity index (χ4n) is 2.01. The molecule has 0 bridgehead atoms. The third-order valence-corrected chi connectivity index (χ3v) is 3.19. The van der Waals surface area contributed by atoms with Crippen LogP contribution in [-0.4, -0.2) is 13.2 Å². The Morgan fingerprint density at radius 2 is 1.41 bits per heavy atom. The molecule has 1 aromatic carbocycles. The van der Waals surface area contributed by atoms with Crippen LogP contribution in [0.1, 0.15) is 46.6 Å². The monoisotopic (exact) mass is 396 g/mol. The van der Waals surface area contributed by atoms with Crippen molar-refractivity contribution < 1.29 is 9.47 Å². The summed E-state index contributed by atoms with van der Waals surface area (Å²) < 4.78 is 11.8. The number of ether oxygens (including phenoxy) is 2. The maximum atomic E-state index is 5.93. The van der Waals surface area contributed by atoms with Crippen molar-refractivity contribution in [2.75, 3.05) is 13.2 Å². The molecule has 160 valence electrons. The van der Waals surface area contributed by atoms with Crippen LogP contribution in [0, 0.1) is 6.92 Å². The molecule has 0 aromatic heterocycles. The first-order valence-corrected chi connectivity index (χ1v) is 10.3. The van der Waals surface area contributed by atoms with Gasteiger partial charge in [-0.15, -0.1) is 0 Å². The van der Waals surface area contributed by atoms with Gasteiger partial charge in [0.2, 0.25) is 0 Å². The number of aryl methyl sites for hydroxylation is 1. The smallest absolute Gasteiger partial charge is 0.161 e. The van der Waals surface area contributed by atoms with Crippen molar-refractivity contribution in [2.45, 2.75) is 48.0 Å². The molecule has 0 aliphatic carbocycles. The summed E-state index contributed by atoms with van der Waals surface area (Å²) >= 11 is 0. The molecule has 1 rings (SSSR count). The van der Waals surface area contributed by atoms with Crippen LogP contribution >= 0.6 is 0 Å². The number of hydrogen-bond acceptors (Lipinski definition) is 2. The van der Waals surface area contributed by atoms with E-state index in [9.17, 15) is 0 Å². The normalized spacial score (nSPS) is 10.8. The maximum Gasteiger partial charge on any atom is 0.161 e. The number of rotatable bonds is 10. The van der Waals surface area contributed by atoms with Gasteiger partial charge in [-0.1, -0.05) is 102 Å². The average molecular weight is 397 g/mol. The molecule has 0 amide bonds. The van der Waals surface area contributed by atoms with E-state index in [4.69, 9.17) is 9.47 Å². The van der Waals surface area contributed by atoms with Gasteiger partial charge < -0.3 is 9.47 Å². The Balaban J connectivity index is 0. The Hall–Kier alpha value is -2.74. The second kappa shape index (κ2) is 20.0. The van der Waals surface area contributed by atoms with Crippen molar-refractivity contribution >= 4 is 0 Å². The molecule has 29 heavy (non-hydrogen) atoms. The minimum atomic E-state index is 0.416. The van der Waals surface area contributed by atoms with Gasteiger partial charge in [-0.25, -0.2) is 0 Å². The van der Waals surface area contributed by atoms with Gasteiger partial charge in [0.05, 0.1) is 0 Å². The first-order chi connectivity index (χ1) is 14.1. The predicted molar refractivity (Wildman–Crippen MR) is 131 cm³/mol. The number of benzene rings is 1. The Bertz CT molecular complexity index is 676. The highest BCUT2D eigenvalue weighted by atomic mass is 16.5. The van der Waals surface area contributed by atoms with Crippen LogP contribution < -0.4 is 9.47 Å². The Morgan fingerprint density at radius 1 is 0.897 bits per heavy atom. The van der Waals surface area contributed by atoms with E-state index in [0.717, 1.165) is 16.7 Å². The molecule has 0 fully saturated rings. The van der Waals surface area contributed by atoms with Gasteiger partial charge >= 0.3 is 0 Å². The van der Waals surface area contributed by atoms with Gasteiger partial charge in [-0.2, -0.15) is 0 Å². The van der Waals surface area contributed by atoms with Gasteiger partial charge in [-0.3, -0.25) is 0 Å². The van der Waals surface area contributed by atoms with Crippen LogP contribution in [0.5, 0.6) is 11.5 Å². The van der Waals surface area contributed by atoms with E-state index < -0.39 is 0 Å². The second-order valence-electron chi connectivity index (χ2n) is 5.89. The highest BCUT2D eigenvalue weighted by molar-refractivity contribution is 5.43. The SMILES string of the molecule is C=C/C=C(\C=C)COc1cc(C)ccc1OCC(/C=C\C)=C/C=C.CC.CCC. The van der Waals surface area contributed by atoms with E-state index in [2.05, 4.69) is 33.6 Å². The minimum Gasteiger partial charge on any atom is -0.485 e. The zero-order valence-corrected chi connectivity index (χ0v) is 19.3. The predicted octanol–water partition coefficient (Wildman–Crippen LogP) is 8.18. The first kappa shape index (κ1) is 28.5. The summed E-state index contributed by atoms with van der Waals surface area (Å²) in [6, 6.07) is 5.90. The fraction of sp³-hybridized carbons (Fsp3) is 0.333. The van der Waals surface area contributed by atoms with Gasteiger partial charge in [0.25, 0.3) is 0 Å². The van der Waals surface area contributed by atoms with E-state index in [-0.39, 0.29) is 0 Å². The standard InChI is InChI=1S/C22H26O2.C3H8.C2H6/c1-6-10-19(9-4)16-24-22-15-18(5)13-14-21(22)23-17-20(11-7-2)12-8-3;1-3-2;1-2/h6-15H,1-2,4,16-17H2,3,5H3;3H2,1-2H3;1-2H3/b12-8-,19-10+,20-11+;;. The summed E-state index contributed by atoms with van der Waals surface area (Å²) in [5.74, 6) is 1.42. The highest BCUT2D eigenvalue weighted by Gasteiger charge is 2.07. The zero-order valence-electron chi connectivity index (χ0n) is 19.3. The molecule has 0 saturated carbocycles. The molecule has 0 unspecified atom stereocenters. The molecule has 2 nitrogen and oxygen atoms in total. The molecule has 0 spiro atoms. The topological polar surface area (TPSA) is 18.5 Å². The molecule has 0 saturated heterocycles. The van der Waals surface area contributed by atoms with Crippen molar-refractivity contribution in [3.05, 3.63) is 97.2 Å². The molecule has 1 aromatic rings. The Labute approximate surface area is 179 Å². The molecule has 0 radical (unpaired) electrons. The lowest BCUT2D eigenvalue weighted by molar-refractivity contribution is 0.301. The average Bonchev–Trinajstić information content (AvgIpc) is 2.72. The highest BCUT2D eigenvalue weighted by Crippen LogP contribution is 2.29. The number of allylic oxidation sites excluding steroid dienone is 5. The molecular formula is C27H40O2. The summed E-state index contributed by atoms with van der Waals surface area (Å²) in [7, 11) is 0. The van der Waals surface area contributed by atoms with E-state index in [1.54, 1.807) is 18.2 Å². The van der Waals surface area contributed by atoms with Crippen LogP contribution in [0.2, 0.25) is 0 Å².